The Labute approximate surface area is 233 Å². The lowest BCUT2D eigenvalue weighted by Gasteiger charge is -2.19. The third-order valence-corrected chi connectivity index (χ3v) is 6.88. The maximum atomic E-state index is 6.16. The van der Waals surface area contributed by atoms with Crippen LogP contribution in [0.4, 0.5) is 0 Å². The summed E-state index contributed by atoms with van der Waals surface area (Å²) in [6, 6.07) is 0. The highest BCUT2D eigenvalue weighted by molar-refractivity contribution is 4.70. The molecule has 0 saturated carbocycles. The van der Waals surface area contributed by atoms with Crippen LogP contribution in [0.15, 0.2) is 12.3 Å². The molecule has 0 atom stereocenters. The fourth-order valence-electron chi connectivity index (χ4n) is 4.49. The lowest BCUT2D eigenvalue weighted by atomic mass is 9.89. The number of hydrogen-bond donors (Lipinski definition) is 0. The quantitative estimate of drug-likeness (QED) is 0.0639. The molecule has 0 aliphatic heterocycles. The van der Waals surface area contributed by atoms with Crippen LogP contribution in [0.3, 0.4) is 0 Å². The molecular formula is C34H68O3. The van der Waals surface area contributed by atoms with Gasteiger partial charge in [-0.15, -0.1) is 0 Å². The van der Waals surface area contributed by atoms with Crippen LogP contribution in [0.25, 0.3) is 0 Å². The highest BCUT2D eigenvalue weighted by Crippen LogP contribution is 2.23. The Balaban J connectivity index is 3.89. The van der Waals surface area contributed by atoms with Crippen LogP contribution in [0.5, 0.6) is 0 Å². The SMILES string of the molecule is CCC=COCCCC(OCCCCCCCCCC(C)(C)C)OCCCCCCCCCC(C)(C)C. The molecule has 0 heterocycles. The molecule has 0 saturated heterocycles. The van der Waals surface area contributed by atoms with Gasteiger partial charge in [0.25, 0.3) is 0 Å². The molecule has 0 fully saturated rings. The molecular weight excluding hydrogens is 456 g/mol. The lowest BCUT2D eigenvalue weighted by molar-refractivity contribution is -0.148. The number of allylic oxidation sites excluding steroid dienone is 1. The standard InChI is InChI=1S/C34H68O3/c1-8-9-28-35-29-24-25-32(36-30-22-18-14-10-12-16-20-26-33(2,3)4)37-31-23-19-15-11-13-17-21-27-34(5,6)7/h9,28,32H,8,10-27,29-31H2,1-7H3. The smallest absolute Gasteiger partial charge is 0.157 e. The molecule has 0 aliphatic rings. The summed E-state index contributed by atoms with van der Waals surface area (Å²) in [5.41, 5.74) is 0.972. The molecule has 0 radical (unpaired) electrons. The van der Waals surface area contributed by atoms with Gasteiger partial charge in [0.05, 0.1) is 12.9 Å². The van der Waals surface area contributed by atoms with Crippen molar-refractivity contribution in [3.63, 3.8) is 0 Å². The zero-order valence-electron chi connectivity index (χ0n) is 26.5. The molecule has 3 nitrogen and oxygen atoms in total. The van der Waals surface area contributed by atoms with E-state index in [9.17, 15) is 0 Å². The number of rotatable bonds is 26. The number of unbranched alkanes of at least 4 members (excludes halogenated alkanes) is 12. The van der Waals surface area contributed by atoms with Gasteiger partial charge in [0.2, 0.25) is 0 Å². The molecule has 0 bridgehead atoms. The second-order valence-corrected chi connectivity index (χ2v) is 13.5. The van der Waals surface area contributed by atoms with E-state index in [0.29, 0.717) is 10.8 Å². The van der Waals surface area contributed by atoms with Crippen molar-refractivity contribution in [3.05, 3.63) is 12.3 Å². The zero-order chi connectivity index (χ0) is 27.7. The van der Waals surface area contributed by atoms with Gasteiger partial charge in [0, 0.05) is 19.6 Å². The largest absolute Gasteiger partial charge is 0.502 e. The van der Waals surface area contributed by atoms with Crippen LogP contribution < -0.4 is 0 Å². The summed E-state index contributed by atoms with van der Waals surface area (Å²) in [6.07, 6.45) is 27.9. The minimum absolute atomic E-state index is 0.0754. The van der Waals surface area contributed by atoms with Gasteiger partial charge >= 0.3 is 0 Å². The van der Waals surface area contributed by atoms with E-state index < -0.39 is 0 Å². The van der Waals surface area contributed by atoms with Crippen LogP contribution >= 0.6 is 0 Å². The van der Waals surface area contributed by atoms with Gasteiger partial charge in [-0.1, -0.05) is 132 Å². The Kier molecular flexibility index (Phi) is 24.1. The second kappa shape index (κ2) is 24.5. The van der Waals surface area contributed by atoms with Gasteiger partial charge in [0.1, 0.15) is 0 Å². The van der Waals surface area contributed by atoms with Crippen molar-refractivity contribution in [1.82, 2.24) is 0 Å². The van der Waals surface area contributed by atoms with E-state index >= 15 is 0 Å². The maximum absolute atomic E-state index is 6.16. The Bertz CT molecular complexity index is 452. The summed E-state index contributed by atoms with van der Waals surface area (Å²) >= 11 is 0. The molecule has 0 spiro atoms. The predicted octanol–water partition coefficient (Wildman–Crippen LogP) is 11.4. The van der Waals surface area contributed by atoms with E-state index in [1.54, 1.807) is 0 Å². The Hall–Kier alpha value is -0.540. The highest BCUT2D eigenvalue weighted by Gasteiger charge is 2.11. The first-order valence-electron chi connectivity index (χ1n) is 16.1. The van der Waals surface area contributed by atoms with Crippen molar-refractivity contribution >= 4 is 0 Å². The van der Waals surface area contributed by atoms with E-state index in [1.807, 2.05) is 6.26 Å². The Morgan fingerprint density at radius 2 is 0.919 bits per heavy atom. The average molecular weight is 525 g/mol. The van der Waals surface area contributed by atoms with Crippen LogP contribution in [-0.4, -0.2) is 26.1 Å². The third kappa shape index (κ3) is 31.6. The molecule has 222 valence electrons. The van der Waals surface area contributed by atoms with Crippen molar-refractivity contribution in [2.24, 2.45) is 10.8 Å². The molecule has 0 unspecified atom stereocenters. The fraction of sp³-hybridized carbons (Fsp3) is 0.941. The molecule has 0 N–H and O–H groups in total. The summed E-state index contributed by atoms with van der Waals surface area (Å²) < 4.78 is 17.9. The van der Waals surface area contributed by atoms with Crippen LogP contribution in [0, 0.1) is 10.8 Å². The van der Waals surface area contributed by atoms with Gasteiger partial charge in [-0.05, 0) is 49.4 Å². The van der Waals surface area contributed by atoms with Gasteiger partial charge in [-0.2, -0.15) is 0 Å². The number of hydrogen-bond acceptors (Lipinski definition) is 3. The van der Waals surface area contributed by atoms with Gasteiger partial charge in [-0.3, -0.25) is 0 Å². The van der Waals surface area contributed by atoms with Crippen LogP contribution in [-0.2, 0) is 14.2 Å². The van der Waals surface area contributed by atoms with E-state index in [1.165, 1.54) is 89.9 Å². The van der Waals surface area contributed by atoms with Crippen molar-refractivity contribution in [2.45, 2.75) is 177 Å². The molecule has 0 aliphatic carbocycles. The highest BCUT2D eigenvalue weighted by atomic mass is 16.7. The summed E-state index contributed by atoms with van der Waals surface area (Å²) in [5.74, 6) is 0. The first-order chi connectivity index (χ1) is 17.6. The monoisotopic (exact) mass is 525 g/mol. The van der Waals surface area contributed by atoms with Crippen molar-refractivity contribution < 1.29 is 14.2 Å². The van der Waals surface area contributed by atoms with E-state index in [-0.39, 0.29) is 6.29 Å². The molecule has 3 heteroatoms. The molecule has 0 aromatic carbocycles. The molecule has 0 aromatic rings. The summed E-state index contributed by atoms with van der Waals surface area (Å²) in [6.45, 7) is 18.6. The normalized spacial score (nSPS) is 12.8. The summed E-state index contributed by atoms with van der Waals surface area (Å²) in [7, 11) is 0. The van der Waals surface area contributed by atoms with E-state index in [2.05, 4.69) is 54.5 Å². The summed E-state index contributed by atoms with van der Waals surface area (Å²) in [5, 5.41) is 0. The Morgan fingerprint density at radius 1 is 0.514 bits per heavy atom. The van der Waals surface area contributed by atoms with Crippen molar-refractivity contribution in [2.75, 3.05) is 19.8 Å². The third-order valence-electron chi connectivity index (χ3n) is 6.88. The number of ether oxygens (including phenoxy) is 3. The second-order valence-electron chi connectivity index (χ2n) is 13.5. The van der Waals surface area contributed by atoms with E-state index in [4.69, 9.17) is 14.2 Å². The minimum Gasteiger partial charge on any atom is -0.502 e. The molecule has 0 rings (SSSR count). The topological polar surface area (TPSA) is 27.7 Å². The van der Waals surface area contributed by atoms with Crippen molar-refractivity contribution in [3.8, 4) is 0 Å². The van der Waals surface area contributed by atoms with Gasteiger partial charge < -0.3 is 14.2 Å². The first-order valence-corrected chi connectivity index (χ1v) is 16.1. The fourth-order valence-corrected chi connectivity index (χ4v) is 4.49. The molecule has 0 amide bonds. The van der Waals surface area contributed by atoms with E-state index in [0.717, 1.165) is 51.9 Å². The Morgan fingerprint density at radius 3 is 1.32 bits per heavy atom. The predicted molar refractivity (Wildman–Crippen MR) is 163 cm³/mol. The zero-order valence-corrected chi connectivity index (χ0v) is 26.5. The maximum Gasteiger partial charge on any atom is 0.157 e. The minimum atomic E-state index is -0.0754. The average Bonchev–Trinajstić information content (AvgIpc) is 2.81. The summed E-state index contributed by atoms with van der Waals surface area (Å²) in [4.78, 5) is 0. The van der Waals surface area contributed by atoms with Crippen molar-refractivity contribution in [1.29, 1.82) is 0 Å². The molecule has 0 aromatic heterocycles. The van der Waals surface area contributed by atoms with Gasteiger partial charge in [-0.25, -0.2) is 0 Å². The lowest BCUT2D eigenvalue weighted by Crippen LogP contribution is -2.19. The van der Waals surface area contributed by atoms with Crippen LogP contribution in [0.2, 0.25) is 0 Å². The molecule has 37 heavy (non-hydrogen) atoms. The first kappa shape index (κ1) is 36.5. The van der Waals surface area contributed by atoms with Crippen LogP contribution in [0.1, 0.15) is 170 Å². The van der Waals surface area contributed by atoms with Gasteiger partial charge in [0.15, 0.2) is 6.29 Å².